The molecule has 4 aromatic rings. The maximum atomic E-state index is 2.74. The Morgan fingerprint density at radius 2 is 1.25 bits per heavy atom. The standard InChI is InChI=1S/C33H34S2Si/c1-21-18-24-16-10-11-17-25(24)32(21)36(2,3)33-30-26(19-28(34-30)22-12-6-4-7-13-22)27-20-29(35-31(27)33)23-14-8-5-9-15-23/h4-9,12-15,18-20,24-25,32-33H,10-11,16-17H2,1-3H3. The highest BCUT2D eigenvalue weighted by Gasteiger charge is 2.53. The first-order valence-corrected chi connectivity index (χ1v) is 18.4. The van der Waals surface area contributed by atoms with E-state index in [-0.39, 0.29) is 0 Å². The maximum Gasteiger partial charge on any atom is 0.0699 e. The Labute approximate surface area is 224 Å². The topological polar surface area (TPSA) is 0 Å². The molecule has 3 atom stereocenters. The number of hydrogen-bond donors (Lipinski definition) is 0. The van der Waals surface area contributed by atoms with E-state index in [9.17, 15) is 0 Å². The third-order valence-electron chi connectivity index (χ3n) is 9.27. The number of rotatable bonds is 4. The molecule has 36 heavy (non-hydrogen) atoms. The van der Waals surface area contributed by atoms with Gasteiger partial charge in [0.2, 0.25) is 0 Å². The molecule has 1 fully saturated rings. The van der Waals surface area contributed by atoms with Crippen molar-refractivity contribution in [3.05, 3.63) is 94.2 Å². The van der Waals surface area contributed by atoms with Crippen molar-refractivity contribution in [3.63, 3.8) is 0 Å². The van der Waals surface area contributed by atoms with Crippen molar-refractivity contribution in [2.24, 2.45) is 11.8 Å². The average molecular weight is 523 g/mol. The summed E-state index contributed by atoms with van der Waals surface area (Å²) in [5, 5.41) is 0. The molecule has 0 aliphatic heterocycles. The van der Waals surface area contributed by atoms with Crippen LogP contribution in [0, 0.1) is 11.8 Å². The molecule has 2 heterocycles. The number of benzene rings is 2. The first kappa shape index (κ1) is 23.0. The van der Waals surface area contributed by atoms with Gasteiger partial charge < -0.3 is 0 Å². The Balaban J connectivity index is 1.38. The number of hydrogen-bond acceptors (Lipinski definition) is 2. The van der Waals surface area contributed by atoms with Crippen LogP contribution in [0.3, 0.4) is 0 Å². The van der Waals surface area contributed by atoms with Gasteiger partial charge in [0, 0.05) is 25.0 Å². The average Bonchev–Trinajstić information content (AvgIpc) is 3.63. The van der Waals surface area contributed by atoms with Crippen LogP contribution < -0.4 is 0 Å². The van der Waals surface area contributed by atoms with E-state index in [1.54, 1.807) is 15.3 Å². The van der Waals surface area contributed by atoms with Crippen molar-refractivity contribution in [1.82, 2.24) is 0 Å². The van der Waals surface area contributed by atoms with E-state index in [2.05, 4.69) is 122 Å². The van der Waals surface area contributed by atoms with Gasteiger partial charge in [-0.1, -0.05) is 98.2 Å². The summed E-state index contributed by atoms with van der Waals surface area (Å²) in [7, 11) is -1.73. The van der Waals surface area contributed by atoms with Crippen LogP contribution in [0.4, 0.5) is 0 Å². The summed E-state index contributed by atoms with van der Waals surface area (Å²) >= 11 is 4.17. The van der Waals surface area contributed by atoms with Crippen LogP contribution in [0.2, 0.25) is 18.6 Å². The largest absolute Gasteiger partial charge is 0.139 e. The summed E-state index contributed by atoms with van der Waals surface area (Å²) < 4.78 is 0. The Bertz CT molecular complexity index is 1360. The molecule has 7 rings (SSSR count). The van der Waals surface area contributed by atoms with Crippen LogP contribution in [-0.4, -0.2) is 8.07 Å². The molecule has 0 bridgehead atoms. The Morgan fingerprint density at radius 3 is 1.81 bits per heavy atom. The lowest BCUT2D eigenvalue weighted by molar-refractivity contribution is 0.299. The van der Waals surface area contributed by atoms with Crippen molar-refractivity contribution < 1.29 is 0 Å². The molecule has 2 aromatic heterocycles. The lowest BCUT2D eigenvalue weighted by Crippen LogP contribution is -2.43. The third-order valence-corrected chi connectivity index (χ3v) is 16.7. The van der Waals surface area contributed by atoms with Crippen LogP contribution in [0.1, 0.15) is 47.9 Å². The molecule has 3 aliphatic carbocycles. The number of fused-ring (bicyclic) bond motifs is 4. The number of allylic oxidation sites excluding steroid dienone is 2. The van der Waals surface area contributed by atoms with Gasteiger partial charge in [0.1, 0.15) is 0 Å². The van der Waals surface area contributed by atoms with Crippen LogP contribution >= 0.6 is 22.7 Å². The minimum Gasteiger partial charge on any atom is -0.139 e. The fraction of sp³-hybridized carbons (Fsp3) is 0.333. The highest BCUT2D eigenvalue weighted by atomic mass is 32.1. The second-order valence-corrected chi connectivity index (χ2v) is 18.8. The quantitative estimate of drug-likeness (QED) is 0.185. The maximum absolute atomic E-state index is 2.74. The summed E-state index contributed by atoms with van der Waals surface area (Å²) in [6.45, 7) is 7.95. The minimum atomic E-state index is -1.73. The molecule has 182 valence electrons. The molecular weight excluding hydrogens is 489 g/mol. The molecule has 3 aliphatic rings. The van der Waals surface area contributed by atoms with Crippen molar-refractivity contribution in [2.75, 3.05) is 0 Å². The lowest BCUT2D eigenvalue weighted by atomic mass is 9.81. The Hall–Kier alpha value is -2.20. The van der Waals surface area contributed by atoms with E-state index in [1.165, 1.54) is 57.7 Å². The molecule has 0 N–H and O–H groups in total. The summed E-state index contributed by atoms with van der Waals surface area (Å²) in [6, 6.07) is 27.1. The van der Waals surface area contributed by atoms with Crippen molar-refractivity contribution in [3.8, 4) is 32.0 Å². The van der Waals surface area contributed by atoms with Gasteiger partial charge in [0.15, 0.2) is 0 Å². The molecule has 0 saturated heterocycles. The van der Waals surface area contributed by atoms with Crippen molar-refractivity contribution >= 4 is 30.7 Å². The van der Waals surface area contributed by atoms with Gasteiger partial charge in [-0.25, -0.2) is 0 Å². The van der Waals surface area contributed by atoms with Crippen molar-refractivity contribution in [2.45, 2.75) is 56.8 Å². The fourth-order valence-electron chi connectivity index (χ4n) is 7.85. The fourth-order valence-corrected chi connectivity index (χ4v) is 17.3. The highest BCUT2D eigenvalue weighted by Crippen LogP contribution is 2.63. The SMILES string of the molecule is CC1=CC2CCCCC2C1[Si](C)(C)C1c2sc(-c3ccccc3)cc2-c2cc(-c3ccccc3)sc21. The van der Waals surface area contributed by atoms with Crippen LogP contribution in [0.25, 0.3) is 32.0 Å². The zero-order chi connectivity index (χ0) is 24.4. The van der Waals surface area contributed by atoms with Gasteiger partial charge in [0.05, 0.1) is 8.07 Å². The highest BCUT2D eigenvalue weighted by molar-refractivity contribution is 7.19. The Kier molecular flexibility index (Phi) is 5.54. The third kappa shape index (κ3) is 3.50. The molecule has 1 saturated carbocycles. The van der Waals surface area contributed by atoms with Crippen molar-refractivity contribution in [1.29, 1.82) is 0 Å². The first-order valence-electron chi connectivity index (χ1n) is 13.6. The van der Waals surface area contributed by atoms with Gasteiger partial charge in [-0.15, -0.1) is 22.7 Å². The smallest absolute Gasteiger partial charge is 0.0699 e. The van der Waals surface area contributed by atoms with Crippen LogP contribution in [0.15, 0.2) is 84.4 Å². The summed E-state index contributed by atoms with van der Waals surface area (Å²) in [5.74, 6) is 1.72. The van der Waals surface area contributed by atoms with E-state index < -0.39 is 8.07 Å². The number of thiophene rings is 2. The lowest BCUT2D eigenvalue weighted by Gasteiger charge is -2.42. The zero-order valence-electron chi connectivity index (χ0n) is 21.5. The molecule has 0 amide bonds. The van der Waals surface area contributed by atoms with Gasteiger partial charge in [-0.3, -0.25) is 0 Å². The first-order chi connectivity index (χ1) is 17.5. The van der Waals surface area contributed by atoms with Crippen LogP contribution in [-0.2, 0) is 0 Å². The second-order valence-electron chi connectivity index (χ2n) is 11.8. The molecule has 2 aromatic carbocycles. The van der Waals surface area contributed by atoms with Gasteiger partial charge in [0.25, 0.3) is 0 Å². The monoisotopic (exact) mass is 522 g/mol. The second kappa shape index (κ2) is 8.68. The zero-order valence-corrected chi connectivity index (χ0v) is 24.1. The molecule has 0 nitrogen and oxygen atoms in total. The van der Waals surface area contributed by atoms with Crippen LogP contribution in [0.5, 0.6) is 0 Å². The Morgan fingerprint density at radius 1 is 0.722 bits per heavy atom. The predicted molar refractivity (Wildman–Crippen MR) is 161 cm³/mol. The molecule has 3 unspecified atom stereocenters. The van der Waals surface area contributed by atoms with Gasteiger partial charge in [-0.05, 0) is 71.5 Å². The summed E-state index contributed by atoms with van der Waals surface area (Å²) in [4.78, 5) is 6.20. The predicted octanol–water partition coefficient (Wildman–Crippen LogP) is 10.6. The normalized spacial score (nSPS) is 23.3. The van der Waals surface area contributed by atoms with E-state index in [0.29, 0.717) is 5.54 Å². The van der Waals surface area contributed by atoms with E-state index in [0.717, 1.165) is 17.4 Å². The molecule has 0 radical (unpaired) electrons. The van der Waals surface area contributed by atoms with E-state index in [4.69, 9.17) is 0 Å². The van der Waals surface area contributed by atoms with Gasteiger partial charge in [-0.2, -0.15) is 0 Å². The van der Waals surface area contributed by atoms with Gasteiger partial charge >= 0.3 is 0 Å². The minimum absolute atomic E-state index is 0.599. The molecule has 0 spiro atoms. The van der Waals surface area contributed by atoms with E-state index >= 15 is 0 Å². The van der Waals surface area contributed by atoms with E-state index in [1.807, 2.05) is 0 Å². The molecule has 3 heteroatoms. The molecular formula is C33H34S2Si. The summed E-state index contributed by atoms with van der Waals surface area (Å²) in [5.41, 5.74) is 8.89. The summed E-state index contributed by atoms with van der Waals surface area (Å²) in [6.07, 6.45) is 8.41.